The van der Waals surface area contributed by atoms with Crippen molar-refractivity contribution < 1.29 is 18.7 Å². The van der Waals surface area contributed by atoms with Gasteiger partial charge < -0.3 is 20.7 Å². The molecule has 0 aliphatic rings. The summed E-state index contributed by atoms with van der Waals surface area (Å²) in [5.74, 6) is -1.21. The lowest BCUT2D eigenvalue weighted by Gasteiger charge is -2.14. The Bertz CT molecular complexity index is 494. The van der Waals surface area contributed by atoms with Crippen LogP contribution < -0.4 is 16.0 Å². The molecule has 0 radical (unpaired) electrons. The standard InChI is InChI=1S/C13H18FN3O3/c1-8(7-20-3)16-13(19)17-9-4-5-11(14)10(6-9)12(18)15-2/h4-6,8H,7H2,1-3H3,(H,15,18)(H2,16,17,19). The zero-order chi connectivity index (χ0) is 15.1. The molecule has 1 aromatic carbocycles. The van der Waals surface area contributed by atoms with E-state index < -0.39 is 17.8 Å². The Hall–Kier alpha value is -2.15. The molecule has 1 atom stereocenters. The average Bonchev–Trinajstić information content (AvgIpc) is 2.40. The summed E-state index contributed by atoms with van der Waals surface area (Å²) in [6, 6.07) is 3.15. The van der Waals surface area contributed by atoms with Gasteiger partial charge in [-0.25, -0.2) is 9.18 Å². The minimum atomic E-state index is -0.650. The third-order valence-electron chi connectivity index (χ3n) is 2.49. The molecular formula is C13H18FN3O3. The van der Waals surface area contributed by atoms with Gasteiger partial charge in [0.2, 0.25) is 0 Å². The SMILES string of the molecule is CNC(=O)c1cc(NC(=O)NC(C)COC)ccc1F. The van der Waals surface area contributed by atoms with Crippen molar-refractivity contribution in [2.24, 2.45) is 0 Å². The van der Waals surface area contributed by atoms with Gasteiger partial charge in [-0.3, -0.25) is 4.79 Å². The van der Waals surface area contributed by atoms with Gasteiger partial charge in [0.25, 0.3) is 5.91 Å². The quantitative estimate of drug-likeness (QED) is 0.763. The smallest absolute Gasteiger partial charge is 0.319 e. The van der Waals surface area contributed by atoms with Crippen LogP contribution in [0.4, 0.5) is 14.9 Å². The first kappa shape index (κ1) is 15.9. The van der Waals surface area contributed by atoms with E-state index in [0.717, 1.165) is 6.07 Å². The first-order chi connectivity index (χ1) is 9.47. The number of ether oxygens (including phenoxy) is 1. The second-order valence-corrected chi connectivity index (χ2v) is 4.23. The topological polar surface area (TPSA) is 79.5 Å². The Kier molecular flexibility index (Phi) is 5.92. The number of carbonyl (C=O) groups excluding carboxylic acids is 2. The third kappa shape index (κ3) is 4.51. The highest BCUT2D eigenvalue weighted by Crippen LogP contribution is 2.14. The van der Waals surface area contributed by atoms with Crippen LogP contribution in [0.15, 0.2) is 18.2 Å². The number of benzene rings is 1. The fourth-order valence-corrected chi connectivity index (χ4v) is 1.59. The molecule has 3 amide bonds. The molecule has 20 heavy (non-hydrogen) atoms. The fraction of sp³-hybridized carbons (Fsp3) is 0.385. The van der Waals surface area contributed by atoms with Crippen LogP contribution in [0.3, 0.4) is 0 Å². The second kappa shape index (κ2) is 7.44. The molecular weight excluding hydrogens is 265 g/mol. The van der Waals surface area contributed by atoms with Gasteiger partial charge in [0, 0.05) is 19.8 Å². The van der Waals surface area contributed by atoms with Gasteiger partial charge in [-0.15, -0.1) is 0 Å². The second-order valence-electron chi connectivity index (χ2n) is 4.23. The summed E-state index contributed by atoms with van der Waals surface area (Å²) >= 11 is 0. The number of methoxy groups -OCH3 is 1. The zero-order valence-corrected chi connectivity index (χ0v) is 11.6. The van der Waals surface area contributed by atoms with Gasteiger partial charge >= 0.3 is 6.03 Å². The zero-order valence-electron chi connectivity index (χ0n) is 11.6. The highest BCUT2D eigenvalue weighted by atomic mass is 19.1. The van der Waals surface area contributed by atoms with Gasteiger partial charge in [-0.1, -0.05) is 0 Å². The normalized spacial score (nSPS) is 11.6. The molecule has 0 bridgehead atoms. The number of nitrogens with one attached hydrogen (secondary N) is 3. The molecule has 7 heteroatoms. The van der Waals surface area contributed by atoms with Crippen LogP contribution in [0, 0.1) is 5.82 Å². The molecule has 1 unspecified atom stereocenters. The molecule has 0 fully saturated rings. The molecule has 6 nitrogen and oxygen atoms in total. The molecule has 0 saturated heterocycles. The Morgan fingerprint density at radius 2 is 2.10 bits per heavy atom. The number of urea groups is 1. The molecule has 0 saturated carbocycles. The summed E-state index contributed by atoms with van der Waals surface area (Å²) in [5, 5.41) is 7.49. The van der Waals surface area contributed by atoms with E-state index in [9.17, 15) is 14.0 Å². The van der Waals surface area contributed by atoms with Crippen molar-refractivity contribution >= 4 is 17.6 Å². The molecule has 1 aromatic rings. The van der Waals surface area contributed by atoms with E-state index in [4.69, 9.17) is 4.74 Å². The number of halogens is 1. The summed E-state index contributed by atoms with van der Waals surface area (Å²) in [7, 11) is 2.94. The number of hydrogen-bond donors (Lipinski definition) is 3. The minimum absolute atomic E-state index is 0.129. The Balaban J connectivity index is 2.73. The minimum Gasteiger partial charge on any atom is -0.383 e. The van der Waals surface area contributed by atoms with E-state index in [1.165, 1.54) is 26.3 Å². The van der Waals surface area contributed by atoms with E-state index in [1.807, 2.05) is 0 Å². The largest absolute Gasteiger partial charge is 0.383 e. The predicted octanol–water partition coefficient (Wildman–Crippen LogP) is 1.34. The van der Waals surface area contributed by atoms with Crippen molar-refractivity contribution in [3.05, 3.63) is 29.6 Å². The van der Waals surface area contributed by atoms with Crippen molar-refractivity contribution in [2.75, 3.05) is 26.1 Å². The monoisotopic (exact) mass is 283 g/mol. The molecule has 0 aromatic heterocycles. The van der Waals surface area contributed by atoms with Gasteiger partial charge in [0.1, 0.15) is 5.82 Å². The fourth-order valence-electron chi connectivity index (χ4n) is 1.59. The number of anilines is 1. The van der Waals surface area contributed by atoms with Crippen molar-refractivity contribution in [1.82, 2.24) is 10.6 Å². The molecule has 1 rings (SSSR count). The Morgan fingerprint density at radius 3 is 2.70 bits per heavy atom. The summed E-state index contributed by atoms with van der Waals surface area (Å²) in [5.41, 5.74) is 0.197. The Labute approximate surface area is 116 Å². The van der Waals surface area contributed by atoms with Crippen LogP contribution >= 0.6 is 0 Å². The first-order valence-corrected chi connectivity index (χ1v) is 6.06. The maximum absolute atomic E-state index is 13.4. The summed E-state index contributed by atoms with van der Waals surface area (Å²) in [6.45, 7) is 2.16. The van der Waals surface area contributed by atoms with E-state index in [1.54, 1.807) is 6.92 Å². The van der Waals surface area contributed by atoms with Crippen molar-refractivity contribution in [3.63, 3.8) is 0 Å². The molecule has 0 heterocycles. The highest BCUT2D eigenvalue weighted by molar-refractivity contribution is 5.97. The molecule has 0 spiro atoms. The molecule has 110 valence electrons. The number of rotatable bonds is 5. The van der Waals surface area contributed by atoms with E-state index in [2.05, 4.69) is 16.0 Å². The van der Waals surface area contributed by atoms with Gasteiger partial charge in [0.15, 0.2) is 0 Å². The third-order valence-corrected chi connectivity index (χ3v) is 2.49. The Morgan fingerprint density at radius 1 is 1.40 bits per heavy atom. The lowest BCUT2D eigenvalue weighted by Crippen LogP contribution is -2.38. The summed E-state index contributed by atoms with van der Waals surface area (Å²) in [6.07, 6.45) is 0. The van der Waals surface area contributed by atoms with Crippen LogP contribution in [-0.2, 0) is 4.74 Å². The average molecular weight is 283 g/mol. The maximum Gasteiger partial charge on any atom is 0.319 e. The summed E-state index contributed by atoms with van der Waals surface area (Å²) < 4.78 is 18.3. The van der Waals surface area contributed by atoms with Crippen LogP contribution in [0.5, 0.6) is 0 Å². The number of hydrogen-bond acceptors (Lipinski definition) is 3. The first-order valence-electron chi connectivity index (χ1n) is 6.06. The lowest BCUT2D eigenvalue weighted by molar-refractivity contribution is 0.0959. The van der Waals surface area contributed by atoms with Crippen LogP contribution in [-0.4, -0.2) is 38.7 Å². The highest BCUT2D eigenvalue weighted by Gasteiger charge is 2.12. The van der Waals surface area contributed by atoms with Gasteiger partial charge in [-0.2, -0.15) is 0 Å². The van der Waals surface area contributed by atoms with Crippen LogP contribution in [0.2, 0.25) is 0 Å². The lowest BCUT2D eigenvalue weighted by atomic mass is 10.1. The summed E-state index contributed by atoms with van der Waals surface area (Å²) in [4.78, 5) is 23.1. The molecule has 3 N–H and O–H groups in total. The van der Waals surface area contributed by atoms with E-state index >= 15 is 0 Å². The van der Waals surface area contributed by atoms with Crippen molar-refractivity contribution in [1.29, 1.82) is 0 Å². The van der Waals surface area contributed by atoms with Crippen LogP contribution in [0.25, 0.3) is 0 Å². The number of carbonyl (C=O) groups is 2. The van der Waals surface area contributed by atoms with Gasteiger partial charge in [0.05, 0.1) is 18.2 Å². The molecule has 0 aliphatic carbocycles. The van der Waals surface area contributed by atoms with E-state index in [-0.39, 0.29) is 11.6 Å². The van der Waals surface area contributed by atoms with Crippen molar-refractivity contribution in [3.8, 4) is 0 Å². The van der Waals surface area contributed by atoms with Gasteiger partial charge in [-0.05, 0) is 25.1 Å². The predicted molar refractivity (Wildman–Crippen MR) is 73.3 cm³/mol. The van der Waals surface area contributed by atoms with E-state index in [0.29, 0.717) is 12.3 Å². The number of amides is 3. The molecule has 0 aliphatic heterocycles. The van der Waals surface area contributed by atoms with Crippen LogP contribution in [0.1, 0.15) is 17.3 Å². The maximum atomic E-state index is 13.4. The van der Waals surface area contributed by atoms with Crippen molar-refractivity contribution in [2.45, 2.75) is 13.0 Å².